The van der Waals surface area contributed by atoms with Crippen LogP contribution in [0.1, 0.15) is 48.1 Å². The molecule has 190 valence electrons. The van der Waals surface area contributed by atoms with Gasteiger partial charge in [0.2, 0.25) is 0 Å². The number of anilines is 1. The van der Waals surface area contributed by atoms with E-state index in [4.69, 9.17) is 5.73 Å². The van der Waals surface area contributed by atoms with Gasteiger partial charge in [0, 0.05) is 42.7 Å². The number of aromatic nitrogens is 2. The van der Waals surface area contributed by atoms with E-state index in [1.165, 1.54) is 6.20 Å². The Kier molecular flexibility index (Phi) is 9.43. The first-order valence-corrected chi connectivity index (χ1v) is 10.8. The minimum absolute atomic E-state index is 0. The van der Waals surface area contributed by atoms with E-state index in [2.05, 4.69) is 15.3 Å². The summed E-state index contributed by atoms with van der Waals surface area (Å²) in [5, 5.41) is 12.7. The van der Waals surface area contributed by atoms with Gasteiger partial charge in [0.05, 0.1) is 23.0 Å². The molecule has 4 rings (SSSR count). The quantitative estimate of drug-likeness (QED) is 0.518. The van der Waals surface area contributed by atoms with Gasteiger partial charge in [-0.2, -0.15) is 32.3 Å². The molecule has 3 aromatic rings. The van der Waals surface area contributed by atoms with E-state index in [9.17, 15) is 18.8 Å². The highest BCUT2D eigenvalue weighted by atomic mass is 32.1. The van der Waals surface area contributed by atoms with Crippen LogP contribution >= 0.6 is 27.0 Å². The van der Waals surface area contributed by atoms with Gasteiger partial charge in [0.15, 0.2) is 0 Å². The summed E-state index contributed by atoms with van der Waals surface area (Å²) in [4.78, 5) is 23.7. The largest absolute Gasteiger partial charge is 0.368 e. The number of rotatable bonds is 5. The van der Waals surface area contributed by atoms with Crippen LogP contribution < -0.4 is 16.0 Å². The Labute approximate surface area is 222 Å². The minimum atomic E-state index is -0.798. The molecule has 7 nitrogen and oxygen atoms in total. The maximum absolute atomic E-state index is 14.1. The lowest BCUT2D eigenvalue weighted by Crippen LogP contribution is -2.40. The number of carbonyl (C=O) groups is 1. The number of amides is 1. The van der Waals surface area contributed by atoms with Crippen LogP contribution in [0.5, 0.6) is 0 Å². The molecular weight excluding hydrogens is 502 g/mol. The first-order valence-electron chi connectivity index (χ1n) is 10.8. The third-order valence-electron chi connectivity index (χ3n) is 5.85. The Balaban J connectivity index is 0.00000228. The highest BCUT2D eigenvalue weighted by Gasteiger charge is 2.35. The fourth-order valence-electron chi connectivity index (χ4n) is 4.21. The number of benzene rings is 1. The van der Waals surface area contributed by atoms with Gasteiger partial charge < -0.3 is 16.0 Å². The monoisotopic (exact) mass is 530 g/mol. The molecule has 3 N–H and O–H groups in total. The van der Waals surface area contributed by atoms with Gasteiger partial charge in [-0.25, -0.2) is 13.8 Å². The number of nitriles is 1. The van der Waals surface area contributed by atoms with E-state index in [-0.39, 0.29) is 49.4 Å². The van der Waals surface area contributed by atoms with Gasteiger partial charge in [0.1, 0.15) is 23.4 Å². The summed E-state index contributed by atoms with van der Waals surface area (Å²) in [6.45, 7) is 4.59. The molecule has 1 aromatic carbocycles. The van der Waals surface area contributed by atoms with Gasteiger partial charge >= 0.3 is 0 Å². The maximum Gasteiger partial charge on any atom is 0.255 e. The van der Waals surface area contributed by atoms with Crippen LogP contribution in [0.4, 0.5) is 14.5 Å². The first kappa shape index (κ1) is 29.0. The van der Waals surface area contributed by atoms with E-state index in [1.54, 1.807) is 25.3 Å². The van der Waals surface area contributed by atoms with Crippen molar-refractivity contribution in [3.8, 4) is 17.2 Å². The fourth-order valence-corrected chi connectivity index (χ4v) is 4.21. The predicted molar refractivity (Wildman–Crippen MR) is 145 cm³/mol. The number of carbonyl (C=O) groups excluding carboxylic acids is 1. The molecule has 36 heavy (non-hydrogen) atoms. The number of nitrogens with two attached hydrogens (primary N) is 1. The topological polar surface area (TPSA) is 108 Å². The summed E-state index contributed by atoms with van der Waals surface area (Å²) in [7, 11) is 0. The average molecular weight is 531 g/mol. The van der Waals surface area contributed by atoms with Crippen LogP contribution in [0.25, 0.3) is 11.1 Å². The zero-order valence-electron chi connectivity index (χ0n) is 19.8. The van der Waals surface area contributed by atoms with Gasteiger partial charge in [-0.15, -0.1) is 0 Å². The SMILES string of the molecule is C[C@H](NC(=O)c1cnc(C#N)c(-c2cc(F)cc(F)c2)c1N1CC[C@](C)(N)C1)c1ccccn1.S.S. The fraction of sp³-hybridized carbons (Fsp3) is 0.280. The molecule has 0 bridgehead atoms. The third kappa shape index (κ3) is 6.13. The molecule has 3 heterocycles. The summed E-state index contributed by atoms with van der Waals surface area (Å²) in [5.74, 6) is -2.05. The van der Waals surface area contributed by atoms with E-state index >= 15 is 0 Å². The molecule has 11 heteroatoms. The summed E-state index contributed by atoms with van der Waals surface area (Å²) in [6, 6.07) is 9.98. The smallest absolute Gasteiger partial charge is 0.255 e. The average Bonchev–Trinajstić information content (AvgIpc) is 3.17. The second-order valence-corrected chi connectivity index (χ2v) is 8.79. The number of hydrogen-bond acceptors (Lipinski definition) is 6. The lowest BCUT2D eigenvalue weighted by Gasteiger charge is -2.27. The molecule has 1 saturated heterocycles. The minimum Gasteiger partial charge on any atom is -0.368 e. The van der Waals surface area contributed by atoms with Crippen LogP contribution in [0.3, 0.4) is 0 Å². The molecule has 1 amide bonds. The highest BCUT2D eigenvalue weighted by molar-refractivity contribution is 7.59. The molecule has 2 aromatic heterocycles. The lowest BCUT2D eigenvalue weighted by molar-refractivity contribution is 0.0939. The van der Waals surface area contributed by atoms with Crippen LogP contribution in [0, 0.1) is 23.0 Å². The van der Waals surface area contributed by atoms with Gasteiger partial charge in [0.25, 0.3) is 5.91 Å². The summed E-state index contributed by atoms with van der Waals surface area (Å²) >= 11 is 0. The van der Waals surface area contributed by atoms with Crippen molar-refractivity contribution in [1.82, 2.24) is 15.3 Å². The standard InChI is InChI=1S/C25H24F2N6O.2H2S/c1-15(20-5-3-4-7-30-20)32-24(34)19-13-31-21(12-28)22(16-9-17(26)11-18(27)10-16)23(19)33-8-6-25(2,29)14-33;;/h3-5,7,9-11,13,15H,6,8,14,29H2,1-2H3,(H,32,34);2*1H2/t15-,25-;;/m0../s1. The molecule has 0 aliphatic carbocycles. The zero-order chi connectivity index (χ0) is 24.5. The normalized spacial score (nSPS) is 17.4. The molecule has 1 aliphatic rings. The van der Waals surface area contributed by atoms with Crippen molar-refractivity contribution in [2.24, 2.45) is 5.73 Å². The maximum atomic E-state index is 14.1. The van der Waals surface area contributed by atoms with Crippen molar-refractivity contribution in [3.05, 3.63) is 77.4 Å². The second-order valence-electron chi connectivity index (χ2n) is 8.79. The molecule has 0 unspecified atom stereocenters. The molecule has 0 spiro atoms. The summed E-state index contributed by atoms with van der Waals surface area (Å²) in [6.07, 6.45) is 3.59. The van der Waals surface area contributed by atoms with Crippen LogP contribution in [0.15, 0.2) is 48.8 Å². The number of nitrogens with one attached hydrogen (secondary N) is 1. The first-order chi connectivity index (χ1) is 16.2. The van der Waals surface area contributed by atoms with E-state index in [1.807, 2.05) is 24.0 Å². The molecule has 0 saturated carbocycles. The Morgan fingerprint density at radius 3 is 2.47 bits per heavy atom. The van der Waals surface area contributed by atoms with E-state index < -0.39 is 29.1 Å². The summed E-state index contributed by atoms with van der Waals surface area (Å²) < 4.78 is 28.3. The molecule has 1 aliphatic heterocycles. The molecule has 1 fully saturated rings. The van der Waals surface area contributed by atoms with Crippen LogP contribution in [-0.2, 0) is 0 Å². The second kappa shape index (κ2) is 11.7. The van der Waals surface area contributed by atoms with Crippen molar-refractivity contribution in [2.45, 2.75) is 31.8 Å². The number of nitrogens with zero attached hydrogens (tertiary/aromatic N) is 4. The zero-order valence-corrected chi connectivity index (χ0v) is 21.8. The highest BCUT2D eigenvalue weighted by Crippen LogP contribution is 2.39. The van der Waals surface area contributed by atoms with Crippen molar-refractivity contribution >= 4 is 38.6 Å². The Hall–Kier alpha value is -3.20. The van der Waals surface area contributed by atoms with Crippen molar-refractivity contribution in [3.63, 3.8) is 0 Å². The number of pyridine rings is 2. The van der Waals surface area contributed by atoms with Gasteiger partial charge in [-0.3, -0.25) is 9.78 Å². The number of halogens is 2. The van der Waals surface area contributed by atoms with Crippen LogP contribution in [-0.4, -0.2) is 34.5 Å². The van der Waals surface area contributed by atoms with E-state index in [0.717, 1.165) is 18.2 Å². The molecule has 0 radical (unpaired) electrons. The van der Waals surface area contributed by atoms with Crippen LogP contribution in [0.2, 0.25) is 0 Å². The van der Waals surface area contributed by atoms with E-state index in [0.29, 0.717) is 30.9 Å². The summed E-state index contributed by atoms with van der Waals surface area (Å²) in [5.41, 5.74) is 7.30. The van der Waals surface area contributed by atoms with Gasteiger partial charge in [-0.1, -0.05) is 6.07 Å². The predicted octanol–water partition coefficient (Wildman–Crippen LogP) is 3.94. The lowest BCUT2D eigenvalue weighted by atomic mass is 9.97. The van der Waals surface area contributed by atoms with Crippen molar-refractivity contribution in [2.75, 3.05) is 18.0 Å². The molecular formula is C25H28F2N6OS2. The van der Waals surface area contributed by atoms with Crippen molar-refractivity contribution < 1.29 is 13.6 Å². The van der Waals surface area contributed by atoms with Crippen molar-refractivity contribution in [1.29, 1.82) is 5.26 Å². The Morgan fingerprint density at radius 2 is 1.92 bits per heavy atom. The number of hydrogen-bond donors (Lipinski definition) is 2. The van der Waals surface area contributed by atoms with Gasteiger partial charge in [-0.05, 0) is 50.1 Å². The Morgan fingerprint density at radius 1 is 1.22 bits per heavy atom. The Bertz CT molecular complexity index is 1260. The third-order valence-corrected chi connectivity index (χ3v) is 5.85. The molecule has 2 atom stereocenters.